The van der Waals surface area contributed by atoms with Crippen molar-refractivity contribution < 1.29 is 9.21 Å². The zero-order valence-electron chi connectivity index (χ0n) is 13.7. The lowest BCUT2D eigenvalue weighted by atomic mass is 10.00. The maximum atomic E-state index is 12.5. The van der Waals surface area contributed by atoms with Crippen LogP contribution in [-0.4, -0.2) is 24.5 Å². The van der Waals surface area contributed by atoms with E-state index in [9.17, 15) is 4.79 Å². The Balaban J connectivity index is 0.00000208. The third-order valence-electron chi connectivity index (χ3n) is 4.17. The molecular formula is C18H23ClN2O2S. The summed E-state index contributed by atoms with van der Waals surface area (Å²) in [6, 6.07) is 12.5. The van der Waals surface area contributed by atoms with Gasteiger partial charge in [0.05, 0.1) is 6.26 Å². The lowest BCUT2D eigenvalue weighted by Gasteiger charge is -2.30. The number of furan rings is 1. The van der Waals surface area contributed by atoms with Crippen LogP contribution in [0.3, 0.4) is 0 Å². The Morgan fingerprint density at radius 1 is 1.33 bits per heavy atom. The average molecular weight is 367 g/mol. The van der Waals surface area contributed by atoms with Gasteiger partial charge < -0.3 is 15.1 Å². The second kappa shape index (κ2) is 9.16. The van der Waals surface area contributed by atoms with E-state index >= 15 is 0 Å². The third kappa shape index (κ3) is 4.79. The maximum absolute atomic E-state index is 12.5. The molecule has 0 saturated carbocycles. The number of carbonyl (C=O) groups is 1. The van der Waals surface area contributed by atoms with E-state index in [-0.39, 0.29) is 24.4 Å². The molecule has 1 aliphatic heterocycles. The van der Waals surface area contributed by atoms with Gasteiger partial charge in [0.2, 0.25) is 0 Å². The molecule has 1 aliphatic rings. The molecule has 1 saturated heterocycles. The first-order chi connectivity index (χ1) is 11.2. The molecule has 3 rings (SSSR count). The summed E-state index contributed by atoms with van der Waals surface area (Å²) in [6.45, 7) is 3.13. The number of hydrogen-bond acceptors (Lipinski definition) is 4. The molecule has 1 fully saturated rings. The summed E-state index contributed by atoms with van der Waals surface area (Å²) in [6.07, 6.45) is 3.69. The number of halogens is 1. The fourth-order valence-electron chi connectivity index (χ4n) is 2.80. The quantitative estimate of drug-likeness (QED) is 0.789. The topological polar surface area (TPSA) is 54.3 Å². The molecular weight excluding hydrogens is 344 g/mol. The monoisotopic (exact) mass is 366 g/mol. The Labute approximate surface area is 153 Å². The number of carbonyl (C=O) groups excluding carboxylic acids is 1. The van der Waals surface area contributed by atoms with Crippen LogP contribution in [-0.2, 0) is 5.75 Å². The molecule has 2 heterocycles. The predicted octanol–water partition coefficient (Wildman–Crippen LogP) is 3.86. The highest BCUT2D eigenvalue weighted by Crippen LogP contribution is 2.25. The van der Waals surface area contributed by atoms with E-state index < -0.39 is 0 Å². The minimum Gasteiger partial charge on any atom is -0.459 e. The number of nitrogens with one attached hydrogen (secondary N) is 2. The number of piperidine rings is 1. The number of hydrogen-bond donors (Lipinski definition) is 2. The van der Waals surface area contributed by atoms with E-state index in [0.29, 0.717) is 11.8 Å². The van der Waals surface area contributed by atoms with Crippen LogP contribution in [0, 0.1) is 0 Å². The van der Waals surface area contributed by atoms with Crippen molar-refractivity contribution in [3.05, 3.63) is 54.0 Å². The van der Waals surface area contributed by atoms with E-state index in [1.807, 2.05) is 24.3 Å². The first-order valence-electron chi connectivity index (χ1n) is 8.02. The molecule has 4 nitrogen and oxygen atoms in total. The van der Waals surface area contributed by atoms with Gasteiger partial charge >= 0.3 is 0 Å². The van der Waals surface area contributed by atoms with Crippen molar-refractivity contribution >= 4 is 30.1 Å². The van der Waals surface area contributed by atoms with Gasteiger partial charge in [0.25, 0.3) is 5.91 Å². The summed E-state index contributed by atoms with van der Waals surface area (Å²) < 4.78 is 5.45. The number of rotatable bonds is 5. The summed E-state index contributed by atoms with van der Waals surface area (Å²) in [5.41, 5.74) is 0.938. The molecule has 1 amide bonds. The van der Waals surface area contributed by atoms with Crippen LogP contribution in [0.25, 0.3) is 0 Å². The van der Waals surface area contributed by atoms with Gasteiger partial charge in [-0.2, -0.15) is 0 Å². The molecule has 0 radical (unpaired) electrons. The number of benzene rings is 1. The molecule has 2 unspecified atom stereocenters. The molecule has 1 aromatic heterocycles. The van der Waals surface area contributed by atoms with E-state index in [1.165, 1.54) is 4.90 Å². The summed E-state index contributed by atoms with van der Waals surface area (Å²) in [5.74, 6) is 1.05. The van der Waals surface area contributed by atoms with E-state index in [4.69, 9.17) is 4.42 Å². The van der Waals surface area contributed by atoms with Gasteiger partial charge in [-0.3, -0.25) is 4.79 Å². The van der Waals surface area contributed by atoms with Crippen LogP contribution in [0.4, 0.5) is 0 Å². The number of thioether (sulfide) groups is 1. The minimum absolute atomic E-state index is 0. The molecule has 0 spiro atoms. The van der Waals surface area contributed by atoms with Crippen molar-refractivity contribution in [2.24, 2.45) is 0 Å². The van der Waals surface area contributed by atoms with Gasteiger partial charge in [0.1, 0.15) is 0 Å². The Bertz CT molecular complexity index is 647. The van der Waals surface area contributed by atoms with E-state index in [0.717, 1.165) is 30.7 Å². The van der Waals surface area contributed by atoms with Crippen molar-refractivity contribution in [3.63, 3.8) is 0 Å². The van der Waals surface area contributed by atoms with Crippen LogP contribution in [0.2, 0.25) is 0 Å². The average Bonchev–Trinajstić information content (AvgIpc) is 3.05. The third-order valence-corrected chi connectivity index (χ3v) is 5.23. The fourth-order valence-corrected chi connectivity index (χ4v) is 3.70. The van der Waals surface area contributed by atoms with Crippen LogP contribution in [0.1, 0.15) is 35.9 Å². The molecule has 2 N–H and O–H groups in total. The molecule has 0 aliphatic carbocycles. The standard InChI is InChI=1S/C18H22N2O2S.ClH/c1-13-16(8-5-10-19-13)20-18(21)17-14(9-11-22-17)12-23-15-6-3-2-4-7-15;/h2-4,6-7,9,11,13,16,19H,5,8,10,12H2,1H3,(H,20,21);1H. The van der Waals surface area contributed by atoms with Crippen molar-refractivity contribution in [3.8, 4) is 0 Å². The van der Waals surface area contributed by atoms with Crippen LogP contribution in [0.5, 0.6) is 0 Å². The molecule has 130 valence electrons. The van der Waals surface area contributed by atoms with Gasteiger partial charge in [0.15, 0.2) is 5.76 Å². The first kappa shape index (κ1) is 18.9. The van der Waals surface area contributed by atoms with Crippen LogP contribution in [0.15, 0.2) is 52.0 Å². The second-order valence-electron chi connectivity index (χ2n) is 5.84. The van der Waals surface area contributed by atoms with Crippen molar-refractivity contribution in [2.45, 2.75) is 42.5 Å². The van der Waals surface area contributed by atoms with E-state index in [1.54, 1.807) is 18.0 Å². The Morgan fingerprint density at radius 2 is 2.12 bits per heavy atom. The fraction of sp³-hybridized carbons (Fsp3) is 0.389. The van der Waals surface area contributed by atoms with Gasteiger partial charge in [-0.05, 0) is 44.5 Å². The molecule has 1 aromatic carbocycles. The Morgan fingerprint density at radius 3 is 2.88 bits per heavy atom. The smallest absolute Gasteiger partial charge is 0.287 e. The van der Waals surface area contributed by atoms with Crippen molar-refractivity contribution in [1.82, 2.24) is 10.6 Å². The second-order valence-corrected chi connectivity index (χ2v) is 6.89. The van der Waals surface area contributed by atoms with Crippen molar-refractivity contribution in [2.75, 3.05) is 6.54 Å². The Hall–Kier alpha value is -1.43. The molecule has 24 heavy (non-hydrogen) atoms. The molecule has 0 bridgehead atoms. The Kier molecular flexibility index (Phi) is 7.21. The molecule has 2 atom stereocenters. The predicted molar refractivity (Wildman–Crippen MR) is 99.9 cm³/mol. The van der Waals surface area contributed by atoms with Crippen LogP contribution < -0.4 is 10.6 Å². The summed E-state index contributed by atoms with van der Waals surface area (Å²) in [5, 5.41) is 6.50. The largest absolute Gasteiger partial charge is 0.459 e. The zero-order valence-corrected chi connectivity index (χ0v) is 15.3. The van der Waals surface area contributed by atoms with Crippen LogP contribution >= 0.6 is 24.2 Å². The lowest BCUT2D eigenvalue weighted by molar-refractivity contribution is 0.0890. The lowest BCUT2D eigenvalue weighted by Crippen LogP contribution is -2.51. The highest BCUT2D eigenvalue weighted by atomic mass is 35.5. The van der Waals surface area contributed by atoms with Crippen molar-refractivity contribution in [1.29, 1.82) is 0 Å². The molecule has 6 heteroatoms. The zero-order chi connectivity index (χ0) is 16.1. The van der Waals surface area contributed by atoms with Gasteiger partial charge in [-0.25, -0.2) is 0 Å². The minimum atomic E-state index is -0.112. The molecule has 2 aromatic rings. The van der Waals surface area contributed by atoms with Gasteiger partial charge in [0, 0.05) is 28.3 Å². The van der Waals surface area contributed by atoms with E-state index in [2.05, 4.69) is 29.7 Å². The summed E-state index contributed by atoms with van der Waals surface area (Å²) >= 11 is 1.70. The van der Waals surface area contributed by atoms with Gasteiger partial charge in [-0.15, -0.1) is 24.2 Å². The summed E-state index contributed by atoms with van der Waals surface area (Å²) in [7, 11) is 0. The highest BCUT2D eigenvalue weighted by Gasteiger charge is 2.25. The highest BCUT2D eigenvalue weighted by molar-refractivity contribution is 7.98. The number of amides is 1. The maximum Gasteiger partial charge on any atom is 0.287 e. The normalized spacial score (nSPS) is 20.2. The summed E-state index contributed by atoms with van der Waals surface area (Å²) in [4.78, 5) is 13.7. The van der Waals surface area contributed by atoms with Gasteiger partial charge in [-0.1, -0.05) is 18.2 Å². The first-order valence-corrected chi connectivity index (χ1v) is 9.01. The SMILES string of the molecule is CC1NCCCC1NC(=O)c1occc1CSc1ccccc1.Cl.